The van der Waals surface area contributed by atoms with Gasteiger partial charge in [0.15, 0.2) is 5.82 Å². The van der Waals surface area contributed by atoms with Crippen LogP contribution in [0.15, 0.2) is 42.5 Å². The highest BCUT2D eigenvalue weighted by Crippen LogP contribution is 2.42. The van der Waals surface area contributed by atoms with Crippen molar-refractivity contribution in [2.75, 3.05) is 31.1 Å². The largest absolute Gasteiger partial charge is 0.508 e. The monoisotopic (exact) mass is 579 g/mol. The van der Waals surface area contributed by atoms with Crippen LogP contribution in [0.5, 0.6) is 11.8 Å². The van der Waals surface area contributed by atoms with Gasteiger partial charge in [0.1, 0.15) is 17.1 Å². The van der Waals surface area contributed by atoms with Crippen molar-refractivity contribution in [3.63, 3.8) is 0 Å². The molecule has 38 heavy (non-hydrogen) atoms. The molecule has 4 N–H and O–H groups in total. The van der Waals surface area contributed by atoms with Gasteiger partial charge in [-0.25, -0.2) is 4.39 Å². The highest BCUT2D eigenvalue weighted by molar-refractivity contribution is 6.35. The molecule has 3 aromatic carbocycles. The van der Waals surface area contributed by atoms with E-state index < -0.39 is 5.82 Å². The topological polar surface area (TPSA) is 96.5 Å². The minimum atomic E-state index is -0.571. The predicted molar refractivity (Wildman–Crippen MR) is 155 cm³/mol. The van der Waals surface area contributed by atoms with Gasteiger partial charge in [0.25, 0.3) is 0 Å². The first-order chi connectivity index (χ1) is 17.5. The SMILES string of the molecule is Cl.Cl.NCCCOc1nc(N2C[C@H]3CC[C@@H](C2)N3)c2cc(Cl)c(-c3cc(O)cc4ccccc34)c(F)c2n1. The number of phenols is 1. The molecule has 2 aliphatic rings. The summed E-state index contributed by atoms with van der Waals surface area (Å²) in [7, 11) is 0. The molecule has 2 saturated heterocycles. The van der Waals surface area contributed by atoms with Gasteiger partial charge in [-0.3, -0.25) is 0 Å². The van der Waals surface area contributed by atoms with Crippen molar-refractivity contribution in [2.24, 2.45) is 5.73 Å². The summed E-state index contributed by atoms with van der Waals surface area (Å²) in [6.45, 7) is 2.35. The molecule has 11 heteroatoms. The maximum Gasteiger partial charge on any atom is 0.319 e. The van der Waals surface area contributed by atoms with Crippen LogP contribution in [-0.4, -0.2) is 53.4 Å². The van der Waals surface area contributed by atoms with Gasteiger partial charge >= 0.3 is 6.01 Å². The molecule has 0 amide bonds. The Morgan fingerprint density at radius 1 is 1.08 bits per heavy atom. The van der Waals surface area contributed by atoms with Crippen molar-refractivity contribution in [1.82, 2.24) is 15.3 Å². The average Bonchev–Trinajstić information content (AvgIpc) is 3.21. The summed E-state index contributed by atoms with van der Waals surface area (Å²) in [5.41, 5.74) is 6.45. The second kappa shape index (κ2) is 11.6. The van der Waals surface area contributed by atoms with E-state index in [1.54, 1.807) is 12.1 Å². The number of aromatic hydroxyl groups is 1. The molecule has 4 aromatic rings. The third-order valence-corrected chi connectivity index (χ3v) is 7.35. The van der Waals surface area contributed by atoms with E-state index in [1.165, 1.54) is 6.07 Å². The highest BCUT2D eigenvalue weighted by atomic mass is 35.5. The summed E-state index contributed by atoms with van der Waals surface area (Å²) < 4.78 is 22.2. The lowest BCUT2D eigenvalue weighted by Gasteiger charge is -2.34. The zero-order chi connectivity index (χ0) is 24.8. The van der Waals surface area contributed by atoms with Gasteiger partial charge in [-0.15, -0.1) is 24.8 Å². The van der Waals surface area contributed by atoms with E-state index in [1.807, 2.05) is 24.3 Å². The van der Waals surface area contributed by atoms with Gasteiger partial charge in [-0.2, -0.15) is 9.97 Å². The number of hydrogen-bond donors (Lipinski definition) is 3. The maximum absolute atomic E-state index is 16.4. The lowest BCUT2D eigenvalue weighted by Crippen LogP contribution is -2.51. The zero-order valence-electron chi connectivity index (χ0n) is 20.5. The van der Waals surface area contributed by atoms with Crippen LogP contribution in [0, 0.1) is 5.82 Å². The van der Waals surface area contributed by atoms with E-state index in [-0.39, 0.29) is 52.7 Å². The molecule has 6 rings (SSSR count). The van der Waals surface area contributed by atoms with Gasteiger partial charge in [-0.05, 0) is 60.3 Å². The Labute approximate surface area is 237 Å². The van der Waals surface area contributed by atoms with Crippen LogP contribution in [0.1, 0.15) is 19.3 Å². The summed E-state index contributed by atoms with van der Waals surface area (Å²) in [4.78, 5) is 11.4. The lowest BCUT2D eigenvalue weighted by atomic mass is 9.96. The van der Waals surface area contributed by atoms with E-state index in [0.29, 0.717) is 48.4 Å². The summed E-state index contributed by atoms with van der Waals surface area (Å²) in [5.74, 6) is 0.0812. The van der Waals surface area contributed by atoms with Gasteiger partial charge in [0.2, 0.25) is 0 Å². The Morgan fingerprint density at radius 2 is 1.82 bits per heavy atom. The third-order valence-electron chi connectivity index (χ3n) is 7.05. The number of benzene rings is 3. The normalized spacial score (nSPS) is 18.3. The molecule has 0 unspecified atom stereocenters. The molecule has 2 aliphatic heterocycles. The number of phenolic OH excluding ortho intramolecular Hbond substituents is 1. The molecule has 7 nitrogen and oxygen atoms in total. The van der Waals surface area contributed by atoms with E-state index in [2.05, 4.69) is 15.2 Å². The van der Waals surface area contributed by atoms with Crippen molar-refractivity contribution < 1.29 is 14.2 Å². The van der Waals surface area contributed by atoms with Crippen LogP contribution in [-0.2, 0) is 0 Å². The fourth-order valence-corrected chi connectivity index (χ4v) is 5.72. The Bertz CT molecular complexity index is 1460. The number of nitrogens with one attached hydrogen (secondary N) is 1. The molecule has 0 spiro atoms. The molecule has 0 radical (unpaired) electrons. The number of hydrogen-bond acceptors (Lipinski definition) is 7. The molecule has 0 saturated carbocycles. The average molecular weight is 581 g/mol. The molecule has 3 heterocycles. The van der Waals surface area contributed by atoms with Crippen LogP contribution in [0.4, 0.5) is 10.2 Å². The fourth-order valence-electron chi connectivity index (χ4n) is 5.43. The first-order valence-electron chi connectivity index (χ1n) is 12.3. The van der Waals surface area contributed by atoms with E-state index in [0.717, 1.165) is 36.7 Å². The summed E-state index contributed by atoms with van der Waals surface area (Å²) in [6.07, 6.45) is 2.85. The molecule has 1 aromatic heterocycles. The molecule has 202 valence electrons. The quantitative estimate of drug-likeness (QED) is 0.261. The smallest absolute Gasteiger partial charge is 0.319 e. The molecule has 0 aliphatic carbocycles. The van der Waals surface area contributed by atoms with Crippen molar-refractivity contribution in [3.8, 4) is 22.9 Å². The Balaban J connectivity index is 0.00000168. The predicted octanol–water partition coefficient (Wildman–Crippen LogP) is 5.46. The Kier molecular flexibility index (Phi) is 8.69. The number of halogens is 4. The van der Waals surface area contributed by atoms with Crippen LogP contribution in [0.2, 0.25) is 5.02 Å². The maximum atomic E-state index is 16.4. The first-order valence-corrected chi connectivity index (χ1v) is 12.7. The summed E-state index contributed by atoms with van der Waals surface area (Å²) >= 11 is 6.77. The first kappa shape index (κ1) is 28.4. The molecular formula is C27H29Cl3FN5O2. The number of nitrogens with two attached hydrogens (primary N) is 1. The summed E-state index contributed by atoms with van der Waals surface area (Å²) in [5, 5.41) is 16.3. The second-order valence-corrected chi connectivity index (χ2v) is 9.93. The number of anilines is 1. The van der Waals surface area contributed by atoms with Gasteiger partial charge in [-0.1, -0.05) is 35.9 Å². The minimum absolute atomic E-state index is 0. The van der Waals surface area contributed by atoms with E-state index in [9.17, 15) is 5.11 Å². The standard InChI is InChI=1S/C27H27ClFN5O2.2ClH/c28-22-12-21-25(24(29)23(22)20-11-18(35)10-15-4-1-2-5-19(15)20)32-27(36-9-3-8-30)33-26(21)34-13-16-6-7-17(14-34)31-16;;/h1-2,4-5,10-12,16-17,31,35H,3,6-9,13-14,30H2;2*1H/t16-,17+;;. The highest BCUT2D eigenvalue weighted by Gasteiger charge is 2.34. The Morgan fingerprint density at radius 3 is 2.55 bits per heavy atom. The lowest BCUT2D eigenvalue weighted by molar-refractivity contribution is 0.289. The number of ether oxygens (including phenoxy) is 1. The van der Waals surface area contributed by atoms with Crippen molar-refractivity contribution in [3.05, 3.63) is 53.3 Å². The van der Waals surface area contributed by atoms with Crippen molar-refractivity contribution in [1.29, 1.82) is 0 Å². The number of aromatic nitrogens is 2. The van der Waals surface area contributed by atoms with Gasteiger partial charge in [0.05, 0.1) is 11.6 Å². The van der Waals surface area contributed by atoms with Gasteiger partial charge < -0.3 is 25.8 Å². The van der Waals surface area contributed by atoms with Crippen LogP contribution in [0.25, 0.3) is 32.8 Å². The minimum Gasteiger partial charge on any atom is -0.508 e. The van der Waals surface area contributed by atoms with Crippen LogP contribution in [0.3, 0.4) is 0 Å². The molecular weight excluding hydrogens is 552 g/mol. The van der Waals surface area contributed by atoms with E-state index >= 15 is 4.39 Å². The van der Waals surface area contributed by atoms with Gasteiger partial charge in [0, 0.05) is 36.1 Å². The van der Waals surface area contributed by atoms with Crippen molar-refractivity contribution >= 4 is 63.9 Å². The molecule has 2 fully saturated rings. The number of fused-ring (bicyclic) bond motifs is 4. The van der Waals surface area contributed by atoms with Crippen molar-refractivity contribution in [2.45, 2.75) is 31.3 Å². The van der Waals surface area contributed by atoms with Crippen LogP contribution >= 0.6 is 36.4 Å². The van der Waals surface area contributed by atoms with Crippen LogP contribution < -0.4 is 20.7 Å². The number of rotatable bonds is 6. The second-order valence-electron chi connectivity index (χ2n) is 9.52. The number of nitrogens with zero attached hydrogens (tertiary/aromatic N) is 3. The third kappa shape index (κ3) is 5.16. The molecule has 2 atom stereocenters. The fraction of sp³-hybridized carbons (Fsp3) is 0.333. The number of piperazine rings is 1. The summed E-state index contributed by atoms with van der Waals surface area (Å²) in [6, 6.07) is 13.3. The Hall–Kier alpha value is -2.62. The zero-order valence-corrected chi connectivity index (χ0v) is 22.9. The van der Waals surface area contributed by atoms with E-state index in [4.69, 9.17) is 27.1 Å². The molecule has 2 bridgehead atoms.